The molecule has 6 rings (SSSR count). The highest BCUT2D eigenvalue weighted by Gasteiger charge is 2.22. The third kappa shape index (κ3) is 11.1. The summed E-state index contributed by atoms with van der Waals surface area (Å²) >= 11 is 0. The molecule has 0 aromatic heterocycles. The molecule has 4 aromatic carbocycles. The zero-order valence-corrected chi connectivity index (χ0v) is 30.1. The van der Waals surface area contributed by atoms with Gasteiger partial charge in [-0.1, -0.05) is 92.5 Å². The minimum Gasteiger partial charge on any atom is -0.497 e. The number of ether oxygens (including phenoxy) is 2. The van der Waals surface area contributed by atoms with Gasteiger partial charge in [0.25, 0.3) is 0 Å². The van der Waals surface area contributed by atoms with Gasteiger partial charge >= 0.3 is 0 Å². The van der Waals surface area contributed by atoms with Gasteiger partial charge in [-0.25, -0.2) is 0 Å². The molecule has 0 heterocycles. The molecule has 0 N–H and O–H groups in total. The molecule has 2 aliphatic carbocycles. The van der Waals surface area contributed by atoms with Crippen molar-refractivity contribution in [1.82, 2.24) is 0 Å². The summed E-state index contributed by atoms with van der Waals surface area (Å²) in [5.74, 6) is 17.9. The number of hydrogen-bond acceptors (Lipinski definition) is 2. The van der Waals surface area contributed by atoms with E-state index in [-0.39, 0.29) is 0 Å². The van der Waals surface area contributed by atoms with Crippen molar-refractivity contribution in [2.75, 3.05) is 14.2 Å². The van der Waals surface area contributed by atoms with E-state index in [1.165, 1.54) is 86.5 Å². The summed E-state index contributed by atoms with van der Waals surface area (Å²) in [5, 5.41) is 0. The lowest BCUT2D eigenvalue weighted by Gasteiger charge is -2.26. The van der Waals surface area contributed by atoms with Crippen molar-refractivity contribution < 1.29 is 9.47 Å². The Bertz CT molecular complexity index is 1660. The van der Waals surface area contributed by atoms with Crippen LogP contribution in [0, 0.1) is 35.5 Å². The van der Waals surface area contributed by atoms with Gasteiger partial charge in [0.1, 0.15) is 11.5 Å². The summed E-state index contributed by atoms with van der Waals surface area (Å²) in [4.78, 5) is 0. The molecule has 0 radical (unpaired) electrons. The fourth-order valence-corrected chi connectivity index (χ4v) is 7.13. The molecule has 0 aliphatic heterocycles. The van der Waals surface area contributed by atoms with E-state index in [1.54, 1.807) is 14.2 Å². The molecule has 254 valence electrons. The highest BCUT2D eigenvalue weighted by Crippen LogP contribution is 2.37. The Balaban J connectivity index is 0.000000191. The van der Waals surface area contributed by atoms with Crippen LogP contribution < -0.4 is 9.47 Å². The number of methoxy groups -OCH3 is 2. The van der Waals surface area contributed by atoms with E-state index in [9.17, 15) is 0 Å². The van der Waals surface area contributed by atoms with Gasteiger partial charge in [-0.05, 0) is 147 Å². The summed E-state index contributed by atoms with van der Waals surface area (Å²) in [7, 11) is 3.38. The number of benzene rings is 4. The van der Waals surface area contributed by atoms with E-state index < -0.39 is 0 Å². The quantitative estimate of drug-likeness (QED) is 0.185. The van der Waals surface area contributed by atoms with Gasteiger partial charge in [-0.3, -0.25) is 0 Å². The first-order chi connectivity index (χ1) is 24.1. The SMILES string of the molecule is CCCc1ccc([C@H]2CC[C@H](C#Cc3ccc(OC)cc3)CC2)cc1.CCc1ccc([C@H]2CC[C@H](C#Cc3ccc(OC)cc3)CC2)cc1. The highest BCUT2D eigenvalue weighted by molar-refractivity contribution is 5.40. The average Bonchev–Trinajstić information content (AvgIpc) is 3.18. The predicted molar refractivity (Wildman–Crippen MR) is 205 cm³/mol. The van der Waals surface area contributed by atoms with Crippen molar-refractivity contribution in [2.45, 2.75) is 96.3 Å². The molecule has 0 unspecified atom stereocenters. The Morgan fingerprint density at radius 3 is 1.22 bits per heavy atom. The molecule has 2 aliphatic rings. The molecular formula is C47H54O2. The second-order valence-electron chi connectivity index (χ2n) is 13.7. The number of rotatable bonds is 7. The first-order valence-corrected chi connectivity index (χ1v) is 18.6. The topological polar surface area (TPSA) is 18.5 Å². The molecule has 2 saturated carbocycles. The van der Waals surface area contributed by atoms with Crippen LogP contribution in [0.25, 0.3) is 0 Å². The average molecular weight is 651 g/mol. The van der Waals surface area contributed by atoms with Crippen LogP contribution in [-0.2, 0) is 12.8 Å². The molecule has 2 fully saturated rings. The Morgan fingerprint density at radius 2 is 0.878 bits per heavy atom. The molecule has 0 atom stereocenters. The van der Waals surface area contributed by atoms with Crippen molar-refractivity contribution in [3.05, 3.63) is 130 Å². The maximum absolute atomic E-state index is 5.19. The van der Waals surface area contributed by atoms with E-state index in [1.807, 2.05) is 48.5 Å². The van der Waals surface area contributed by atoms with Crippen LogP contribution in [-0.4, -0.2) is 14.2 Å². The summed E-state index contributed by atoms with van der Waals surface area (Å²) in [6, 6.07) is 34.6. The highest BCUT2D eigenvalue weighted by atomic mass is 16.5. The maximum Gasteiger partial charge on any atom is 0.118 e. The molecule has 49 heavy (non-hydrogen) atoms. The van der Waals surface area contributed by atoms with Gasteiger partial charge < -0.3 is 9.47 Å². The lowest BCUT2D eigenvalue weighted by molar-refractivity contribution is 0.384. The molecular weight excluding hydrogens is 597 g/mol. The van der Waals surface area contributed by atoms with E-state index in [2.05, 4.69) is 86.1 Å². The van der Waals surface area contributed by atoms with Crippen molar-refractivity contribution in [3.63, 3.8) is 0 Å². The minimum atomic E-state index is 0.540. The zero-order chi connectivity index (χ0) is 34.3. The first-order valence-electron chi connectivity index (χ1n) is 18.6. The zero-order valence-electron chi connectivity index (χ0n) is 30.1. The summed E-state index contributed by atoms with van der Waals surface area (Å²) in [5.41, 5.74) is 8.07. The van der Waals surface area contributed by atoms with Gasteiger partial charge in [-0.15, -0.1) is 0 Å². The maximum atomic E-state index is 5.19. The third-order valence-electron chi connectivity index (χ3n) is 10.3. The Morgan fingerprint density at radius 1 is 0.490 bits per heavy atom. The normalized spacial score (nSPS) is 19.9. The number of aryl methyl sites for hydroxylation is 2. The second-order valence-corrected chi connectivity index (χ2v) is 13.7. The summed E-state index contributed by atoms with van der Waals surface area (Å²) in [6.07, 6.45) is 13.4. The molecule has 0 saturated heterocycles. The monoisotopic (exact) mass is 650 g/mol. The van der Waals surface area contributed by atoms with Gasteiger partial charge in [-0.2, -0.15) is 0 Å². The third-order valence-corrected chi connectivity index (χ3v) is 10.3. The summed E-state index contributed by atoms with van der Waals surface area (Å²) < 4.78 is 10.4. The fraction of sp³-hybridized carbons (Fsp3) is 0.404. The Kier molecular flexibility index (Phi) is 13.9. The predicted octanol–water partition coefficient (Wildman–Crippen LogP) is 11.6. The Labute approximate surface area is 296 Å². The van der Waals surface area contributed by atoms with Crippen LogP contribution in [0.15, 0.2) is 97.1 Å². The van der Waals surface area contributed by atoms with Crippen molar-refractivity contribution >= 4 is 0 Å². The lowest BCUT2D eigenvalue weighted by Crippen LogP contribution is -2.12. The molecule has 4 aromatic rings. The second kappa shape index (κ2) is 19.0. The van der Waals surface area contributed by atoms with Crippen molar-refractivity contribution in [1.29, 1.82) is 0 Å². The van der Waals surface area contributed by atoms with Crippen LogP contribution in [0.5, 0.6) is 11.5 Å². The van der Waals surface area contributed by atoms with E-state index in [0.717, 1.165) is 40.9 Å². The number of hydrogen-bond donors (Lipinski definition) is 0. The minimum absolute atomic E-state index is 0.540. The molecule has 0 bridgehead atoms. The summed E-state index contributed by atoms with van der Waals surface area (Å²) in [6.45, 7) is 4.45. The van der Waals surface area contributed by atoms with E-state index >= 15 is 0 Å². The first kappa shape index (κ1) is 35.9. The van der Waals surface area contributed by atoms with E-state index in [0.29, 0.717) is 11.8 Å². The van der Waals surface area contributed by atoms with Crippen molar-refractivity contribution in [2.24, 2.45) is 11.8 Å². The van der Waals surface area contributed by atoms with Gasteiger partial charge in [0.05, 0.1) is 14.2 Å². The standard InChI is InChI=1S/C24H28O.C23H26O/c1-3-4-19-7-13-22(14-8-19)23-15-9-20(10-16-23)5-6-21-11-17-24(25-2)18-12-21;1-3-18-6-12-21(13-7-18)22-14-8-19(9-15-22)4-5-20-10-16-23(24-2)17-11-20/h7-8,11-14,17-18,20,23H,3-4,9-10,15-16H2,1-2H3;6-7,10-13,16-17,19,22H,3,8-9,14-15H2,1-2H3/t20-,23-;19-,22-. The fourth-order valence-electron chi connectivity index (χ4n) is 7.13. The van der Waals surface area contributed by atoms with Gasteiger partial charge in [0.2, 0.25) is 0 Å². The molecule has 2 heteroatoms. The molecule has 0 spiro atoms. The van der Waals surface area contributed by atoms with Crippen LogP contribution in [0.4, 0.5) is 0 Å². The van der Waals surface area contributed by atoms with Crippen LogP contribution >= 0.6 is 0 Å². The lowest BCUT2D eigenvalue weighted by atomic mass is 9.79. The molecule has 2 nitrogen and oxygen atoms in total. The van der Waals surface area contributed by atoms with Crippen LogP contribution in [0.1, 0.15) is 117 Å². The van der Waals surface area contributed by atoms with Gasteiger partial charge in [0, 0.05) is 23.0 Å². The van der Waals surface area contributed by atoms with Gasteiger partial charge in [0.15, 0.2) is 0 Å². The largest absolute Gasteiger partial charge is 0.497 e. The van der Waals surface area contributed by atoms with Crippen LogP contribution in [0.2, 0.25) is 0 Å². The van der Waals surface area contributed by atoms with Crippen LogP contribution in [0.3, 0.4) is 0 Å². The molecule has 0 amide bonds. The smallest absolute Gasteiger partial charge is 0.118 e. The van der Waals surface area contributed by atoms with Crippen molar-refractivity contribution in [3.8, 4) is 35.2 Å². The Hall–Kier alpha value is -4.40. The van der Waals surface area contributed by atoms with E-state index in [4.69, 9.17) is 9.47 Å².